The predicted molar refractivity (Wildman–Crippen MR) is 74.6 cm³/mol. The van der Waals surface area contributed by atoms with Crippen LogP contribution in [0.25, 0.3) is 0 Å². The fourth-order valence-electron chi connectivity index (χ4n) is 2.12. The second-order valence-electron chi connectivity index (χ2n) is 4.65. The number of amides is 1. The normalized spacial score (nSPS) is 15.8. The van der Waals surface area contributed by atoms with E-state index in [9.17, 15) is 4.79 Å². The zero-order valence-electron chi connectivity index (χ0n) is 11.8. The molecule has 5 heteroatoms. The number of hydrogen-bond donors (Lipinski definition) is 1. The standard InChI is InChI=1S/C15H21NO4/c1-18-13-6-3-2-5-12(13)11-14(17)16-8-7-15-19-9-4-10-20-15/h2-3,5-6,15H,4,7-11H2,1H3,(H,16,17). The number of methoxy groups -OCH3 is 1. The predicted octanol–water partition coefficient (Wildman–Crippen LogP) is 1.51. The Balaban J connectivity index is 1.72. The Morgan fingerprint density at radius 3 is 2.85 bits per heavy atom. The molecule has 1 heterocycles. The highest BCUT2D eigenvalue weighted by atomic mass is 16.7. The first-order chi connectivity index (χ1) is 9.79. The number of para-hydroxylation sites is 1. The first-order valence-electron chi connectivity index (χ1n) is 6.91. The fourth-order valence-corrected chi connectivity index (χ4v) is 2.12. The minimum Gasteiger partial charge on any atom is -0.496 e. The summed E-state index contributed by atoms with van der Waals surface area (Å²) in [6, 6.07) is 7.53. The van der Waals surface area contributed by atoms with Gasteiger partial charge in [-0.25, -0.2) is 0 Å². The van der Waals surface area contributed by atoms with Crippen LogP contribution in [0.15, 0.2) is 24.3 Å². The van der Waals surface area contributed by atoms with Crippen molar-refractivity contribution in [2.24, 2.45) is 0 Å². The third kappa shape index (κ3) is 4.51. The molecule has 1 aromatic carbocycles. The molecule has 1 aliphatic rings. The van der Waals surface area contributed by atoms with E-state index in [4.69, 9.17) is 14.2 Å². The van der Waals surface area contributed by atoms with E-state index in [-0.39, 0.29) is 12.2 Å². The van der Waals surface area contributed by atoms with Crippen molar-refractivity contribution in [2.75, 3.05) is 26.9 Å². The van der Waals surface area contributed by atoms with Crippen molar-refractivity contribution < 1.29 is 19.0 Å². The Morgan fingerprint density at radius 2 is 2.10 bits per heavy atom. The largest absolute Gasteiger partial charge is 0.496 e. The number of carbonyl (C=O) groups excluding carboxylic acids is 1. The van der Waals surface area contributed by atoms with Gasteiger partial charge in [0.1, 0.15) is 5.75 Å². The third-order valence-corrected chi connectivity index (χ3v) is 3.14. The quantitative estimate of drug-likeness (QED) is 0.857. The lowest BCUT2D eigenvalue weighted by Crippen LogP contribution is -2.32. The zero-order valence-corrected chi connectivity index (χ0v) is 11.8. The molecule has 5 nitrogen and oxygen atoms in total. The van der Waals surface area contributed by atoms with Crippen molar-refractivity contribution >= 4 is 5.91 Å². The molecule has 1 amide bonds. The van der Waals surface area contributed by atoms with E-state index in [0.717, 1.165) is 30.9 Å². The van der Waals surface area contributed by atoms with Crippen LogP contribution >= 0.6 is 0 Å². The SMILES string of the molecule is COc1ccccc1CC(=O)NCCC1OCCCO1. The molecule has 0 saturated carbocycles. The van der Waals surface area contributed by atoms with E-state index in [1.54, 1.807) is 7.11 Å². The van der Waals surface area contributed by atoms with Crippen LogP contribution in [-0.2, 0) is 20.7 Å². The number of hydrogen-bond acceptors (Lipinski definition) is 4. The molecular formula is C15H21NO4. The van der Waals surface area contributed by atoms with Gasteiger partial charge in [0, 0.05) is 18.5 Å². The molecule has 0 unspecified atom stereocenters. The average molecular weight is 279 g/mol. The number of carbonyl (C=O) groups is 1. The number of benzene rings is 1. The maximum Gasteiger partial charge on any atom is 0.224 e. The van der Waals surface area contributed by atoms with E-state index < -0.39 is 0 Å². The smallest absolute Gasteiger partial charge is 0.224 e. The lowest BCUT2D eigenvalue weighted by Gasteiger charge is -2.23. The summed E-state index contributed by atoms with van der Waals surface area (Å²) in [5.41, 5.74) is 0.887. The van der Waals surface area contributed by atoms with Crippen LogP contribution in [0.4, 0.5) is 0 Å². The number of nitrogens with one attached hydrogen (secondary N) is 1. The zero-order chi connectivity index (χ0) is 14.2. The maximum absolute atomic E-state index is 11.9. The van der Waals surface area contributed by atoms with E-state index in [1.807, 2.05) is 24.3 Å². The van der Waals surface area contributed by atoms with E-state index in [2.05, 4.69) is 5.32 Å². The Morgan fingerprint density at radius 1 is 1.35 bits per heavy atom. The van der Waals surface area contributed by atoms with Gasteiger partial charge >= 0.3 is 0 Å². The summed E-state index contributed by atoms with van der Waals surface area (Å²) in [6.07, 6.45) is 1.75. The Kier molecular flexibility index (Phi) is 5.83. The van der Waals surface area contributed by atoms with E-state index in [0.29, 0.717) is 19.4 Å². The number of rotatable bonds is 6. The van der Waals surface area contributed by atoms with Crippen LogP contribution in [0.3, 0.4) is 0 Å². The van der Waals surface area contributed by atoms with E-state index >= 15 is 0 Å². The first kappa shape index (κ1) is 14.8. The van der Waals surface area contributed by atoms with Gasteiger partial charge in [-0.15, -0.1) is 0 Å². The molecule has 110 valence electrons. The van der Waals surface area contributed by atoms with Crippen LogP contribution in [0.5, 0.6) is 5.75 Å². The molecule has 1 fully saturated rings. The molecular weight excluding hydrogens is 258 g/mol. The van der Waals surface area contributed by atoms with Crippen LogP contribution in [0.1, 0.15) is 18.4 Å². The molecule has 0 atom stereocenters. The molecule has 0 bridgehead atoms. The summed E-state index contributed by atoms with van der Waals surface area (Å²) < 4.78 is 16.1. The van der Waals surface area contributed by atoms with Gasteiger partial charge in [-0.3, -0.25) is 4.79 Å². The molecule has 1 saturated heterocycles. The van der Waals surface area contributed by atoms with Crippen molar-refractivity contribution in [1.29, 1.82) is 0 Å². The van der Waals surface area contributed by atoms with Crippen molar-refractivity contribution in [2.45, 2.75) is 25.6 Å². The highest BCUT2D eigenvalue weighted by Crippen LogP contribution is 2.17. The number of ether oxygens (including phenoxy) is 3. The molecule has 1 N–H and O–H groups in total. The molecule has 0 aromatic heterocycles. The Bertz CT molecular complexity index is 430. The molecule has 0 radical (unpaired) electrons. The van der Waals surface area contributed by atoms with Gasteiger partial charge in [0.15, 0.2) is 6.29 Å². The highest BCUT2D eigenvalue weighted by Gasteiger charge is 2.14. The van der Waals surface area contributed by atoms with Gasteiger partial charge in [-0.2, -0.15) is 0 Å². The summed E-state index contributed by atoms with van der Waals surface area (Å²) in [6.45, 7) is 2.03. The molecule has 1 aromatic rings. The monoisotopic (exact) mass is 279 g/mol. The first-order valence-corrected chi connectivity index (χ1v) is 6.91. The van der Waals surface area contributed by atoms with Crippen molar-refractivity contribution in [3.05, 3.63) is 29.8 Å². The molecule has 20 heavy (non-hydrogen) atoms. The van der Waals surface area contributed by atoms with Crippen LogP contribution in [0.2, 0.25) is 0 Å². The molecule has 2 rings (SSSR count). The summed E-state index contributed by atoms with van der Waals surface area (Å²) >= 11 is 0. The summed E-state index contributed by atoms with van der Waals surface area (Å²) in [4.78, 5) is 11.9. The van der Waals surface area contributed by atoms with E-state index in [1.165, 1.54) is 0 Å². The van der Waals surface area contributed by atoms with Crippen molar-refractivity contribution in [3.8, 4) is 5.75 Å². The van der Waals surface area contributed by atoms with Gasteiger partial charge in [-0.1, -0.05) is 18.2 Å². The summed E-state index contributed by atoms with van der Waals surface area (Å²) in [5, 5.41) is 2.88. The lowest BCUT2D eigenvalue weighted by molar-refractivity contribution is -0.180. The van der Waals surface area contributed by atoms with Gasteiger partial charge in [0.05, 0.1) is 26.7 Å². The minimum absolute atomic E-state index is 0.0229. The molecule has 0 aliphatic carbocycles. The van der Waals surface area contributed by atoms with Crippen LogP contribution in [-0.4, -0.2) is 39.1 Å². The molecule has 0 spiro atoms. The van der Waals surface area contributed by atoms with Gasteiger partial charge in [-0.05, 0) is 12.5 Å². The Labute approximate surface area is 119 Å². The summed E-state index contributed by atoms with van der Waals surface area (Å²) in [7, 11) is 1.61. The van der Waals surface area contributed by atoms with Gasteiger partial charge < -0.3 is 19.5 Å². The second kappa shape index (κ2) is 7.87. The maximum atomic E-state index is 11.9. The second-order valence-corrected chi connectivity index (χ2v) is 4.65. The lowest BCUT2D eigenvalue weighted by atomic mass is 10.1. The van der Waals surface area contributed by atoms with Crippen LogP contribution in [0, 0.1) is 0 Å². The fraction of sp³-hybridized carbons (Fsp3) is 0.533. The minimum atomic E-state index is -0.185. The topological polar surface area (TPSA) is 56.8 Å². The van der Waals surface area contributed by atoms with Gasteiger partial charge in [0.2, 0.25) is 5.91 Å². The highest BCUT2D eigenvalue weighted by molar-refractivity contribution is 5.79. The van der Waals surface area contributed by atoms with Crippen molar-refractivity contribution in [1.82, 2.24) is 5.32 Å². The van der Waals surface area contributed by atoms with Crippen molar-refractivity contribution in [3.63, 3.8) is 0 Å². The average Bonchev–Trinajstić information content (AvgIpc) is 2.49. The third-order valence-electron chi connectivity index (χ3n) is 3.14. The molecule has 1 aliphatic heterocycles. The summed E-state index contributed by atoms with van der Waals surface area (Å²) in [5.74, 6) is 0.715. The Hall–Kier alpha value is -1.59. The van der Waals surface area contributed by atoms with Gasteiger partial charge in [0.25, 0.3) is 0 Å². The van der Waals surface area contributed by atoms with Crippen LogP contribution < -0.4 is 10.1 Å².